The van der Waals surface area contributed by atoms with Crippen LogP contribution in [0.4, 0.5) is 5.69 Å². The first-order chi connectivity index (χ1) is 7.74. The zero-order chi connectivity index (χ0) is 11.5. The Balaban J connectivity index is 2.20. The van der Waals surface area contributed by atoms with Crippen molar-refractivity contribution in [3.8, 4) is 0 Å². The van der Waals surface area contributed by atoms with E-state index in [1.165, 1.54) is 11.3 Å². The smallest absolute Gasteiger partial charge is 0.0762 e. The molecule has 1 atom stereocenters. The van der Waals surface area contributed by atoms with E-state index >= 15 is 0 Å². The average Bonchev–Trinajstić information content (AvgIpc) is 2.77. The molecule has 0 aliphatic carbocycles. The molecule has 1 heterocycles. The Morgan fingerprint density at radius 2 is 2.38 bits per heavy atom. The standard InChI is InChI=1S/C12H17BrN2O/c1-16-11-4-5-15(8-11)12-3-2-10(13)6-9(12)7-14/h2-3,6,11H,4-5,7-8,14H2,1H3. The largest absolute Gasteiger partial charge is 0.380 e. The van der Waals surface area contributed by atoms with Gasteiger partial charge in [0.1, 0.15) is 0 Å². The van der Waals surface area contributed by atoms with Crippen molar-refractivity contribution >= 4 is 21.6 Å². The monoisotopic (exact) mass is 284 g/mol. The molecule has 1 fully saturated rings. The number of benzene rings is 1. The van der Waals surface area contributed by atoms with Crippen molar-refractivity contribution in [2.24, 2.45) is 5.73 Å². The van der Waals surface area contributed by atoms with Gasteiger partial charge in [0.25, 0.3) is 0 Å². The Hall–Kier alpha value is -0.580. The minimum absolute atomic E-state index is 0.356. The molecule has 2 rings (SSSR count). The summed E-state index contributed by atoms with van der Waals surface area (Å²) in [5, 5.41) is 0. The van der Waals surface area contributed by atoms with Crippen molar-refractivity contribution in [3.63, 3.8) is 0 Å². The summed E-state index contributed by atoms with van der Waals surface area (Å²) in [5.74, 6) is 0. The van der Waals surface area contributed by atoms with E-state index in [0.717, 1.165) is 24.0 Å². The highest BCUT2D eigenvalue weighted by molar-refractivity contribution is 9.10. The van der Waals surface area contributed by atoms with E-state index in [1.54, 1.807) is 7.11 Å². The molecule has 1 aliphatic rings. The summed E-state index contributed by atoms with van der Waals surface area (Å²) in [4.78, 5) is 2.35. The normalized spacial score (nSPS) is 20.4. The number of halogens is 1. The quantitative estimate of drug-likeness (QED) is 0.924. The number of nitrogens with zero attached hydrogens (tertiary/aromatic N) is 1. The van der Waals surface area contributed by atoms with Crippen LogP contribution in [0.3, 0.4) is 0 Å². The molecule has 1 unspecified atom stereocenters. The number of ether oxygens (including phenoxy) is 1. The third kappa shape index (κ3) is 2.39. The first-order valence-corrected chi connectivity index (χ1v) is 6.30. The van der Waals surface area contributed by atoms with Crippen molar-refractivity contribution in [2.45, 2.75) is 19.1 Å². The van der Waals surface area contributed by atoms with Gasteiger partial charge in [-0.3, -0.25) is 0 Å². The van der Waals surface area contributed by atoms with Crippen molar-refractivity contribution in [2.75, 3.05) is 25.1 Å². The maximum Gasteiger partial charge on any atom is 0.0762 e. The fourth-order valence-corrected chi connectivity index (χ4v) is 2.57. The van der Waals surface area contributed by atoms with Gasteiger partial charge in [-0.05, 0) is 30.2 Å². The highest BCUT2D eigenvalue weighted by Crippen LogP contribution is 2.27. The minimum atomic E-state index is 0.356. The van der Waals surface area contributed by atoms with Crippen LogP contribution in [0.1, 0.15) is 12.0 Å². The minimum Gasteiger partial charge on any atom is -0.380 e. The van der Waals surface area contributed by atoms with E-state index in [9.17, 15) is 0 Å². The summed E-state index contributed by atoms with van der Waals surface area (Å²) in [5.41, 5.74) is 8.20. The molecule has 4 heteroatoms. The van der Waals surface area contributed by atoms with E-state index in [4.69, 9.17) is 10.5 Å². The zero-order valence-electron chi connectivity index (χ0n) is 9.45. The molecule has 2 N–H and O–H groups in total. The molecule has 1 aromatic carbocycles. The highest BCUT2D eigenvalue weighted by Gasteiger charge is 2.23. The summed E-state index contributed by atoms with van der Waals surface area (Å²) in [6, 6.07) is 6.29. The third-order valence-corrected chi connectivity index (χ3v) is 3.57. The lowest BCUT2D eigenvalue weighted by atomic mass is 10.1. The van der Waals surface area contributed by atoms with Crippen LogP contribution in [0.2, 0.25) is 0 Å². The van der Waals surface area contributed by atoms with Crippen LogP contribution in [-0.2, 0) is 11.3 Å². The predicted molar refractivity (Wildman–Crippen MR) is 69.7 cm³/mol. The van der Waals surface area contributed by atoms with E-state index in [0.29, 0.717) is 12.6 Å². The summed E-state index contributed by atoms with van der Waals surface area (Å²) in [6.07, 6.45) is 1.45. The van der Waals surface area contributed by atoms with Gasteiger partial charge in [0, 0.05) is 36.9 Å². The molecule has 0 bridgehead atoms. The van der Waals surface area contributed by atoms with Crippen LogP contribution in [-0.4, -0.2) is 26.3 Å². The van der Waals surface area contributed by atoms with Crippen molar-refractivity contribution in [1.82, 2.24) is 0 Å². The molecule has 1 saturated heterocycles. The first kappa shape index (κ1) is 11.9. The molecular weight excluding hydrogens is 268 g/mol. The topological polar surface area (TPSA) is 38.5 Å². The Kier molecular flexibility index (Phi) is 3.84. The van der Waals surface area contributed by atoms with Gasteiger partial charge >= 0.3 is 0 Å². The number of anilines is 1. The van der Waals surface area contributed by atoms with Crippen molar-refractivity contribution in [3.05, 3.63) is 28.2 Å². The number of hydrogen-bond acceptors (Lipinski definition) is 3. The van der Waals surface area contributed by atoms with E-state index in [-0.39, 0.29) is 0 Å². The van der Waals surface area contributed by atoms with Crippen LogP contribution < -0.4 is 10.6 Å². The SMILES string of the molecule is COC1CCN(c2ccc(Br)cc2CN)C1. The van der Waals surface area contributed by atoms with Gasteiger partial charge in [0.15, 0.2) is 0 Å². The number of nitrogens with two attached hydrogens (primary N) is 1. The molecule has 0 aromatic heterocycles. The van der Waals surface area contributed by atoms with E-state index < -0.39 is 0 Å². The van der Waals surface area contributed by atoms with Gasteiger partial charge in [0.05, 0.1) is 6.10 Å². The van der Waals surface area contributed by atoms with E-state index in [2.05, 4.69) is 39.0 Å². The summed E-state index contributed by atoms with van der Waals surface area (Å²) in [7, 11) is 1.78. The Bertz CT molecular complexity index is 370. The van der Waals surface area contributed by atoms with Crippen molar-refractivity contribution in [1.29, 1.82) is 0 Å². The van der Waals surface area contributed by atoms with Gasteiger partial charge in [-0.1, -0.05) is 15.9 Å². The lowest BCUT2D eigenvalue weighted by Crippen LogP contribution is -2.23. The highest BCUT2D eigenvalue weighted by atomic mass is 79.9. The fraction of sp³-hybridized carbons (Fsp3) is 0.500. The maximum absolute atomic E-state index is 5.78. The Morgan fingerprint density at radius 1 is 1.56 bits per heavy atom. The second-order valence-corrected chi connectivity index (χ2v) is 4.99. The maximum atomic E-state index is 5.78. The molecule has 0 amide bonds. The van der Waals surface area contributed by atoms with E-state index in [1.807, 2.05) is 0 Å². The summed E-state index contributed by atoms with van der Waals surface area (Å²) < 4.78 is 6.46. The number of hydrogen-bond donors (Lipinski definition) is 1. The Morgan fingerprint density at radius 3 is 3.00 bits per heavy atom. The van der Waals surface area contributed by atoms with Gasteiger partial charge < -0.3 is 15.4 Å². The molecule has 3 nitrogen and oxygen atoms in total. The molecule has 0 radical (unpaired) electrons. The van der Waals surface area contributed by atoms with Gasteiger partial charge in [-0.25, -0.2) is 0 Å². The Labute approximate surface area is 105 Å². The summed E-state index contributed by atoms with van der Waals surface area (Å²) in [6.45, 7) is 2.58. The van der Waals surface area contributed by atoms with Crippen LogP contribution in [0.25, 0.3) is 0 Å². The summed E-state index contributed by atoms with van der Waals surface area (Å²) >= 11 is 3.47. The second kappa shape index (κ2) is 5.17. The lowest BCUT2D eigenvalue weighted by molar-refractivity contribution is 0.121. The second-order valence-electron chi connectivity index (χ2n) is 4.07. The number of rotatable bonds is 3. The van der Waals surface area contributed by atoms with Gasteiger partial charge in [0.2, 0.25) is 0 Å². The molecule has 16 heavy (non-hydrogen) atoms. The predicted octanol–water partition coefficient (Wildman–Crippen LogP) is 2.13. The lowest BCUT2D eigenvalue weighted by Gasteiger charge is -2.21. The molecule has 0 saturated carbocycles. The average molecular weight is 285 g/mol. The van der Waals surface area contributed by atoms with Crippen LogP contribution in [0.5, 0.6) is 0 Å². The van der Waals surface area contributed by atoms with Crippen LogP contribution in [0, 0.1) is 0 Å². The molecule has 88 valence electrons. The molecule has 1 aliphatic heterocycles. The van der Waals surface area contributed by atoms with Gasteiger partial charge in [-0.2, -0.15) is 0 Å². The third-order valence-electron chi connectivity index (χ3n) is 3.08. The molecule has 0 spiro atoms. The van der Waals surface area contributed by atoms with Crippen LogP contribution in [0.15, 0.2) is 22.7 Å². The van der Waals surface area contributed by atoms with Gasteiger partial charge in [-0.15, -0.1) is 0 Å². The zero-order valence-corrected chi connectivity index (χ0v) is 11.0. The van der Waals surface area contributed by atoms with Crippen LogP contribution >= 0.6 is 15.9 Å². The number of methoxy groups -OCH3 is 1. The fourth-order valence-electron chi connectivity index (χ4n) is 2.17. The molecular formula is C12H17BrN2O. The molecule has 1 aromatic rings. The van der Waals surface area contributed by atoms with Crippen molar-refractivity contribution < 1.29 is 4.74 Å². The first-order valence-electron chi connectivity index (χ1n) is 5.51.